The predicted octanol–water partition coefficient (Wildman–Crippen LogP) is 1.95. The third-order valence-electron chi connectivity index (χ3n) is 2.53. The molecule has 1 aromatic heterocycles. The predicted molar refractivity (Wildman–Crippen MR) is 92.6 cm³/mol. The molecule has 124 valence electrons. The molecule has 1 aromatic carbocycles. The Bertz CT molecular complexity index is 744. The van der Waals surface area contributed by atoms with Crippen LogP contribution in [0.2, 0.25) is 0 Å². The smallest absolute Gasteiger partial charge is 0.238 e. The van der Waals surface area contributed by atoms with E-state index in [0.717, 1.165) is 9.47 Å². The van der Waals surface area contributed by atoms with Gasteiger partial charge in [0.05, 0.1) is 11.5 Å². The van der Waals surface area contributed by atoms with E-state index >= 15 is 0 Å². The molecule has 0 fully saturated rings. The molecule has 3 N–H and O–H groups in total. The first-order valence-electron chi connectivity index (χ1n) is 6.56. The largest absolute Gasteiger partial charge is 0.493 e. The summed E-state index contributed by atoms with van der Waals surface area (Å²) in [5.41, 5.74) is 0. The second-order valence-electron chi connectivity index (χ2n) is 4.26. The number of anilines is 1. The number of primary sulfonamides is 1. The van der Waals surface area contributed by atoms with Crippen LogP contribution in [0.5, 0.6) is 5.75 Å². The van der Waals surface area contributed by atoms with E-state index in [1.54, 1.807) is 18.2 Å². The van der Waals surface area contributed by atoms with E-state index in [4.69, 9.17) is 9.88 Å². The number of hydrogen-bond acceptors (Lipinski definition) is 8. The van der Waals surface area contributed by atoms with Gasteiger partial charge in [-0.3, -0.25) is 0 Å². The fourth-order valence-electron chi connectivity index (χ4n) is 1.51. The van der Waals surface area contributed by atoms with Crippen molar-refractivity contribution >= 4 is 38.3 Å². The number of nitrogens with two attached hydrogens (primary N) is 1. The highest BCUT2D eigenvalue weighted by molar-refractivity contribution is 8.01. The monoisotopic (exact) mass is 372 g/mol. The molecule has 2 rings (SSSR count). The minimum atomic E-state index is -3.67. The molecule has 1 heterocycles. The minimum Gasteiger partial charge on any atom is -0.493 e. The Hall–Kier alpha value is -1.62. The van der Waals surface area contributed by atoms with Crippen LogP contribution in [-0.4, -0.2) is 37.5 Å². The molecule has 0 aliphatic rings. The molecule has 23 heavy (non-hydrogen) atoms. The van der Waals surface area contributed by atoms with Crippen LogP contribution in [0.3, 0.4) is 0 Å². The molecule has 0 aliphatic heterocycles. The highest BCUT2D eigenvalue weighted by atomic mass is 32.2. The summed E-state index contributed by atoms with van der Waals surface area (Å²) in [6, 6.07) is 5.99. The lowest BCUT2D eigenvalue weighted by Gasteiger charge is -2.05. The molecule has 0 radical (unpaired) electrons. The van der Waals surface area contributed by atoms with Gasteiger partial charge in [-0.25, -0.2) is 13.6 Å². The van der Waals surface area contributed by atoms with Crippen LogP contribution in [0.25, 0.3) is 0 Å². The maximum absolute atomic E-state index is 11.1. The van der Waals surface area contributed by atoms with Crippen molar-refractivity contribution in [3.63, 3.8) is 0 Å². The van der Waals surface area contributed by atoms with Crippen LogP contribution in [0.1, 0.15) is 0 Å². The zero-order chi connectivity index (χ0) is 16.7. The number of benzene rings is 1. The standard InChI is InChI=1S/C13H16N4O3S3/c1-2-7-15-12-16-17-13(22-12)21-9-8-20-10-3-5-11(6-4-10)23(14,18)19/h2-6H,1,7-9H2,(H,15,16)(H2,14,18,19). The van der Waals surface area contributed by atoms with Crippen molar-refractivity contribution in [2.24, 2.45) is 5.14 Å². The van der Waals surface area contributed by atoms with Crippen molar-refractivity contribution in [3.8, 4) is 5.75 Å². The number of rotatable bonds is 9. The van der Waals surface area contributed by atoms with Crippen LogP contribution in [0.15, 0.2) is 46.2 Å². The number of aromatic nitrogens is 2. The highest BCUT2D eigenvalue weighted by Gasteiger charge is 2.07. The summed E-state index contributed by atoms with van der Waals surface area (Å²) in [5, 5.41) is 16.9. The van der Waals surface area contributed by atoms with E-state index in [9.17, 15) is 8.42 Å². The fourth-order valence-corrected chi connectivity index (χ4v) is 3.68. The normalized spacial score (nSPS) is 11.2. The second-order valence-corrected chi connectivity index (χ2v) is 8.14. The van der Waals surface area contributed by atoms with Crippen molar-refractivity contribution in [2.75, 3.05) is 24.2 Å². The molecule has 0 amide bonds. The minimum absolute atomic E-state index is 0.0626. The summed E-state index contributed by atoms with van der Waals surface area (Å²) in [5.74, 6) is 1.29. The number of hydrogen-bond donors (Lipinski definition) is 2. The van der Waals surface area contributed by atoms with Crippen molar-refractivity contribution < 1.29 is 13.2 Å². The summed E-state index contributed by atoms with van der Waals surface area (Å²) in [7, 11) is -3.67. The molecule has 0 spiro atoms. The molecule has 0 atom stereocenters. The average molecular weight is 372 g/mol. The van der Waals surface area contributed by atoms with E-state index < -0.39 is 10.0 Å². The van der Waals surface area contributed by atoms with Crippen LogP contribution in [0.4, 0.5) is 5.13 Å². The zero-order valence-corrected chi connectivity index (χ0v) is 14.6. The van der Waals surface area contributed by atoms with Crippen molar-refractivity contribution in [3.05, 3.63) is 36.9 Å². The molecule has 0 bridgehead atoms. The van der Waals surface area contributed by atoms with Crippen LogP contribution in [0, 0.1) is 0 Å². The number of ether oxygens (including phenoxy) is 1. The van der Waals surface area contributed by atoms with Gasteiger partial charge in [0.2, 0.25) is 15.2 Å². The fraction of sp³-hybridized carbons (Fsp3) is 0.231. The summed E-state index contributed by atoms with van der Waals surface area (Å²) in [6.07, 6.45) is 1.75. The Labute approximate surface area is 143 Å². The average Bonchev–Trinajstić information content (AvgIpc) is 2.97. The first-order valence-corrected chi connectivity index (χ1v) is 9.90. The van der Waals surface area contributed by atoms with E-state index in [1.165, 1.54) is 35.2 Å². The van der Waals surface area contributed by atoms with Crippen molar-refractivity contribution in [1.29, 1.82) is 0 Å². The lowest BCUT2D eigenvalue weighted by atomic mass is 10.3. The van der Waals surface area contributed by atoms with Crippen LogP contribution < -0.4 is 15.2 Å². The van der Waals surface area contributed by atoms with Crippen LogP contribution in [-0.2, 0) is 10.0 Å². The van der Waals surface area contributed by atoms with Gasteiger partial charge >= 0.3 is 0 Å². The van der Waals surface area contributed by atoms with Gasteiger partial charge in [-0.1, -0.05) is 29.2 Å². The number of nitrogens with zero attached hydrogens (tertiary/aromatic N) is 2. The Kier molecular flexibility index (Phi) is 6.39. The summed E-state index contributed by atoms with van der Waals surface area (Å²) in [6.45, 7) is 4.74. The summed E-state index contributed by atoms with van der Waals surface area (Å²) < 4.78 is 28.7. The molecule has 0 unspecified atom stereocenters. The first-order chi connectivity index (χ1) is 11.0. The maximum Gasteiger partial charge on any atom is 0.238 e. The molecule has 10 heteroatoms. The molecule has 0 saturated heterocycles. The van der Waals surface area contributed by atoms with E-state index in [0.29, 0.717) is 24.7 Å². The third-order valence-corrected chi connectivity index (χ3v) is 5.44. The van der Waals surface area contributed by atoms with Gasteiger partial charge in [0, 0.05) is 12.3 Å². The lowest BCUT2D eigenvalue weighted by molar-refractivity contribution is 0.343. The van der Waals surface area contributed by atoms with Gasteiger partial charge in [-0.2, -0.15) is 0 Å². The van der Waals surface area contributed by atoms with Gasteiger partial charge < -0.3 is 10.1 Å². The Balaban J connectivity index is 1.75. The number of nitrogens with one attached hydrogen (secondary N) is 1. The highest BCUT2D eigenvalue weighted by Crippen LogP contribution is 2.25. The Morgan fingerprint density at radius 2 is 2.09 bits per heavy atom. The zero-order valence-electron chi connectivity index (χ0n) is 12.1. The van der Waals surface area contributed by atoms with E-state index in [-0.39, 0.29) is 4.90 Å². The Morgan fingerprint density at radius 1 is 1.35 bits per heavy atom. The van der Waals surface area contributed by atoms with Gasteiger partial charge in [0.1, 0.15) is 5.75 Å². The van der Waals surface area contributed by atoms with Crippen molar-refractivity contribution in [1.82, 2.24) is 10.2 Å². The first kappa shape index (κ1) is 17.7. The van der Waals surface area contributed by atoms with Gasteiger partial charge in [0.25, 0.3) is 0 Å². The van der Waals surface area contributed by atoms with E-state index in [1.807, 2.05) is 0 Å². The summed E-state index contributed by atoms with van der Waals surface area (Å²) in [4.78, 5) is 0.0626. The number of sulfonamides is 1. The molecule has 0 saturated carbocycles. The maximum atomic E-state index is 11.1. The Morgan fingerprint density at radius 3 is 2.74 bits per heavy atom. The van der Waals surface area contributed by atoms with Gasteiger partial charge in [0.15, 0.2) is 4.34 Å². The van der Waals surface area contributed by atoms with Crippen LogP contribution >= 0.6 is 23.1 Å². The van der Waals surface area contributed by atoms with Gasteiger partial charge in [-0.15, -0.1) is 16.8 Å². The third kappa shape index (κ3) is 5.82. The van der Waals surface area contributed by atoms with Crippen molar-refractivity contribution in [2.45, 2.75) is 9.24 Å². The topological polar surface area (TPSA) is 107 Å². The molecular formula is C13H16N4O3S3. The lowest BCUT2D eigenvalue weighted by Crippen LogP contribution is -2.11. The molecular weight excluding hydrogens is 356 g/mol. The molecule has 0 aliphatic carbocycles. The molecule has 2 aromatic rings. The summed E-state index contributed by atoms with van der Waals surface area (Å²) >= 11 is 3.01. The SMILES string of the molecule is C=CCNc1nnc(SCCOc2ccc(S(N)(=O)=O)cc2)s1. The van der Waals surface area contributed by atoms with Gasteiger partial charge in [-0.05, 0) is 24.3 Å². The second kappa shape index (κ2) is 8.29. The quantitative estimate of drug-likeness (QED) is 0.393. The number of thioether (sulfide) groups is 1. The molecule has 7 nitrogen and oxygen atoms in total. The van der Waals surface area contributed by atoms with E-state index in [2.05, 4.69) is 22.1 Å².